The fraction of sp³-hybridized carbons (Fsp3) is 0.348. The van der Waals surface area contributed by atoms with Crippen LogP contribution in [0.2, 0.25) is 5.02 Å². The molecule has 1 aliphatic heterocycles. The van der Waals surface area contributed by atoms with Crippen molar-refractivity contribution in [1.29, 1.82) is 0 Å². The molecule has 3 rings (SSSR count). The molecule has 2 amide bonds. The molecule has 1 saturated heterocycles. The maximum absolute atomic E-state index is 11.9. The highest BCUT2D eigenvalue weighted by Crippen LogP contribution is 2.15. The van der Waals surface area contributed by atoms with Crippen molar-refractivity contribution in [2.24, 2.45) is 5.10 Å². The summed E-state index contributed by atoms with van der Waals surface area (Å²) in [4.78, 5) is 23.7. The lowest BCUT2D eigenvalue weighted by molar-refractivity contribution is -0.123. The molecule has 170 valence electrons. The highest BCUT2D eigenvalue weighted by molar-refractivity contribution is 7.99. The fourth-order valence-electron chi connectivity index (χ4n) is 2.94. The van der Waals surface area contributed by atoms with Gasteiger partial charge in [-0.05, 0) is 60.4 Å². The third-order valence-electron chi connectivity index (χ3n) is 4.62. The van der Waals surface area contributed by atoms with Crippen molar-refractivity contribution in [3.05, 3.63) is 64.7 Å². The zero-order valence-corrected chi connectivity index (χ0v) is 19.2. The van der Waals surface area contributed by atoms with Gasteiger partial charge in [0.15, 0.2) is 6.61 Å². The van der Waals surface area contributed by atoms with Crippen LogP contribution in [0.25, 0.3) is 0 Å². The summed E-state index contributed by atoms with van der Waals surface area (Å²) in [5, 5.41) is 7.48. The Morgan fingerprint density at radius 1 is 1.16 bits per heavy atom. The van der Waals surface area contributed by atoms with Crippen LogP contribution in [0.4, 0.5) is 0 Å². The van der Waals surface area contributed by atoms with Gasteiger partial charge in [-0.1, -0.05) is 23.7 Å². The number of rotatable bonds is 11. The molecule has 1 atom stereocenters. The van der Waals surface area contributed by atoms with E-state index in [1.54, 1.807) is 30.5 Å². The van der Waals surface area contributed by atoms with Gasteiger partial charge in [0.2, 0.25) is 5.91 Å². The van der Waals surface area contributed by atoms with E-state index in [2.05, 4.69) is 15.8 Å². The minimum atomic E-state index is -0.178. The summed E-state index contributed by atoms with van der Waals surface area (Å²) >= 11 is 7.36. The van der Waals surface area contributed by atoms with Crippen LogP contribution in [0.1, 0.15) is 24.0 Å². The molecule has 2 aromatic rings. The maximum atomic E-state index is 11.9. The van der Waals surface area contributed by atoms with Crippen LogP contribution < -0.4 is 15.5 Å². The summed E-state index contributed by atoms with van der Waals surface area (Å²) in [7, 11) is 0. The SMILES string of the molecule is O=C(COc1ccc(C=NNC(=O)CSCc2ccc(Cl)cc2)cc1)NCC1CCCO1. The Morgan fingerprint density at radius 2 is 1.94 bits per heavy atom. The second-order valence-corrected chi connectivity index (χ2v) is 8.63. The quantitative estimate of drug-likeness (QED) is 0.384. The van der Waals surface area contributed by atoms with Crippen LogP contribution in [0.5, 0.6) is 5.75 Å². The molecule has 2 N–H and O–H groups in total. The average Bonchev–Trinajstić information content (AvgIpc) is 3.32. The normalized spacial score (nSPS) is 15.6. The van der Waals surface area contributed by atoms with E-state index in [0.717, 1.165) is 36.3 Å². The number of hydrogen-bond donors (Lipinski definition) is 2. The van der Waals surface area contributed by atoms with E-state index < -0.39 is 0 Å². The number of nitrogens with one attached hydrogen (secondary N) is 2. The summed E-state index contributed by atoms with van der Waals surface area (Å²) in [6.07, 6.45) is 3.69. The number of amides is 2. The average molecular weight is 476 g/mol. The van der Waals surface area contributed by atoms with Gasteiger partial charge in [-0.3, -0.25) is 9.59 Å². The van der Waals surface area contributed by atoms with Crippen LogP contribution >= 0.6 is 23.4 Å². The van der Waals surface area contributed by atoms with Gasteiger partial charge >= 0.3 is 0 Å². The summed E-state index contributed by atoms with van der Waals surface area (Å²) in [5.74, 6) is 1.26. The molecule has 0 aromatic heterocycles. The Kier molecular flexibility index (Phi) is 9.87. The number of hydrazone groups is 1. The van der Waals surface area contributed by atoms with E-state index in [1.165, 1.54) is 11.8 Å². The number of carbonyl (C=O) groups excluding carboxylic acids is 2. The van der Waals surface area contributed by atoms with Crippen molar-refractivity contribution in [1.82, 2.24) is 10.7 Å². The third kappa shape index (κ3) is 8.90. The van der Waals surface area contributed by atoms with E-state index in [0.29, 0.717) is 23.1 Å². The largest absolute Gasteiger partial charge is 0.484 e. The molecule has 0 aliphatic carbocycles. The minimum Gasteiger partial charge on any atom is -0.484 e. The van der Waals surface area contributed by atoms with Crippen molar-refractivity contribution < 1.29 is 19.1 Å². The van der Waals surface area contributed by atoms with Gasteiger partial charge in [-0.25, -0.2) is 5.43 Å². The molecule has 32 heavy (non-hydrogen) atoms. The number of ether oxygens (including phenoxy) is 2. The molecule has 1 aliphatic rings. The van der Waals surface area contributed by atoms with Gasteiger partial charge in [-0.15, -0.1) is 11.8 Å². The van der Waals surface area contributed by atoms with Crippen molar-refractivity contribution in [2.45, 2.75) is 24.7 Å². The second kappa shape index (κ2) is 13.1. The predicted molar refractivity (Wildman–Crippen MR) is 127 cm³/mol. The third-order valence-corrected chi connectivity index (χ3v) is 5.87. The van der Waals surface area contributed by atoms with Crippen molar-refractivity contribution in [3.8, 4) is 5.75 Å². The lowest BCUT2D eigenvalue weighted by Gasteiger charge is -2.11. The van der Waals surface area contributed by atoms with Crippen LogP contribution in [-0.4, -0.2) is 49.6 Å². The molecule has 0 bridgehead atoms. The molecule has 1 fully saturated rings. The lowest BCUT2D eigenvalue weighted by Crippen LogP contribution is -2.35. The first kappa shape index (κ1) is 24.1. The zero-order valence-electron chi connectivity index (χ0n) is 17.6. The van der Waals surface area contributed by atoms with E-state index >= 15 is 0 Å². The zero-order chi connectivity index (χ0) is 22.6. The number of benzene rings is 2. The first-order valence-corrected chi connectivity index (χ1v) is 11.9. The number of hydrogen-bond acceptors (Lipinski definition) is 6. The number of nitrogens with zero attached hydrogens (tertiary/aromatic N) is 1. The van der Waals surface area contributed by atoms with Gasteiger partial charge in [0.1, 0.15) is 5.75 Å². The predicted octanol–water partition coefficient (Wildman–Crippen LogP) is 3.40. The van der Waals surface area contributed by atoms with E-state index in [-0.39, 0.29) is 24.5 Å². The Labute approximate surface area is 196 Å². The molecule has 0 radical (unpaired) electrons. The summed E-state index contributed by atoms with van der Waals surface area (Å²) in [5.41, 5.74) is 4.42. The maximum Gasteiger partial charge on any atom is 0.258 e. The summed E-state index contributed by atoms with van der Waals surface area (Å²) in [6, 6.07) is 14.6. The van der Waals surface area contributed by atoms with Gasteiger partial charge in [0, 0.05) is 23.9 Å². The van der Waals surface area contributed by atoms with Gasteiger partial charge in [0.05, 0.1) is 18.1 Å². The first-order chi connectivity index (χ1) is 15.6. The molecular formula is C23H26ClN3O4S. The number of carbonyl (C=O) groups is 2. The van der Waals surface area contributed by atoms with E-state index in [9.17, 15) is 9.59 Å². The topological polar surface area (TPSA) is 89.0 Å². The van der Waals surface area contributed by atoms with Crippen molar-refractivity contribution in [3.63, 3.8) is 0 Å². The highest BCUT2D eigenvalue weighted by Gasteiger charge is 2.16. The van der Waals surface area contributed by atoms with Gasteiger partial charge < -0.3 is 14.8 Å². The molecule has 0 saturated carbocycles. The van der Waals surface area contributed by atoms with E-state index in [1.807, 2.05) is 24.3 Å². The van der Waals surface area contributed by atoms with Gasteiger partial charge in [0.25, 0.3) is 5.91 Å². The van der Waals surface area contributed by atoms with Crippen LogP contribution in [0.15, 0.2) is 53.6 Å². The van der Waals surface area contributed by atoms with Crippen LogP contribution in [-0.2, 0) is 20.1 Å². The van der Waals surface area contributed by atoms with Crippen molar-refractivity contribution in [2.75, 3.05) is 25.5 Å². The summed E-state index contributed by atoms with van der Waals surface area (Å²) < 4.78 is 11.0. The van der Waals surface area contributed by atoms with Gasteiger partial charge in [-0.2, -0.15) is 5.10 Å². The molecule has 0 spiro atoms. The second-order valence-electron chi connectivity index (χ2n) is 7.21. The molecule has 1 unspecified atom stereocenters. The number of halogens is 1. The lowest BCUT2D eigenvalue weighted by atomic mass is 10.2. The van der Waals surface area contributed by atoms with E-state index in [4.69, 9.17) is 21.1 Å². The fourth-order valence-corrected chi connectivity index (χ4v) is 3.84. The molecule has 2 aromatic carbocycles. The van der Waals surface area contributed by atoms with Crippen molar-refractivity contribution >= 4 is 41.4 Å². The molecule has 9 heteroatoms. The first-order valence-electron chi connectivity index (χ1n) is 10.3. The molecule has 7 nitrogen and oxygen atoms in total. The number of thioether (sulfide) groups is 1. The minimum absolute atomic E-state index is 0.0517. The van der Waals surface area contributed by atoms with Crippen LogP contribution in [0.3, 0.4) is 0 Å². The Bertz CT molecular complexity index is 900. The summed E-state index contributed by atoms with van der Waals surface area (Å²) in [6.45, 7) is 1.23. The highest BCUT2D eigenvalue weighted by atomic mass is 35.5. The van der Waals surface area contributed by atoms with Crippen LogP contribution in [0, 0.1) is 0 Å². The molecular weight excluding hydrogens is 450 g/mol. The molecule has 1 heterocycles. The Morgan fingerprint density at radius 3 is 2.66 bits per heavy atom. The smallest absolute Gasteiger partial charge is 0.258 e. The Hall–Kier alpha value is -2.55. The Balaban J connectivity index is 1.30. The monoisotopic (exact) mass is 475 g/mol. The standard InChI is InChI=1S/C23H26ClN3O4S/c24-19-7-3-18(4-8-19)15-32-16-23(29)27-26-12-17-5-9-20(10-6-17)31-14-22(28)25-13-21-2-1-11-30-21/h3-10,12,21H,1-2,11,13-16H2,(H,25,28)(H,27,29).